The number of pyridine rings is 1. The lowest BCUT2D eigenvalue weighted by atomic mass is 9.96. The summed E-state index contributed by atoms with van der Waals surface area (Å²) in [6, 6.07) is 12.6. The normalized spacial score (nSPS) is 15.6. The number of aromatic nitrogens is 3. The first-order valence-electron chi connectivity index (χ1n) is 11.4. The summed E-state index contributed by atoms with van der Waals surface area (Å²) >= 11 is 3.41. The smallest absolute Gasteiger partial charge is 0.296 e. The van der Waals surface area contributed by atoms with Gasteiger partial charge in [0.2, 0.25) is 11.7 Å². The van der Waals surface area contributed by atoms with Crippen molar-refractivity contribution in [1.29, 1.82) is 0 Å². The van der Waals surface area contributed by atoms with Crippen LogP contribution in [0.3, 0.4) is 0 Å². The average molecular weight is 575 g/mol. The third-order valence-corrected chi connectivity index (χ3v) is 6.85. The number of aliphatic hydroxyl groups is 1. The highest BCUT2D eigenvalue weighted by Gasteiger charge is 2.46. The predicted molar refractivity (Wildman–Crippen MR) is 142 cm³/mol. The van der Waals surface area contributed by atoms with Crippen molar-refractivity contribution in [3.05, 3.63) is 88.1 Å². The molecule has 2 N–H and O–H groups in total. The highest BCUT2D eigenvalue weighted by molar-refractivity contribution is 9.10. The van der Waals surface area contributed by atoms with Crippen LogP contribution in [0.25, 0.3) is 22.0 Å². The Morgan fingerprint density at radius 2 is 1.92 bits per heavy atom. The first-order chi connectivity index (χ1) is 18.4. The number of H-pyrrole nitrogens is 1. The number of methoxy groups -OCH3 is 2. The number of anilines is 1. The second-order valence-corrected chi connectivity index (χ2v) is 9.45. The van der Waals surface area contributed by atoms with Crippen LogP contribution < -0.4 is 14.4 Å². The third-order valence-electron chi connectivity index (χ3n) is 6.36. The van der Waals surface area contributed by atoms with E-state index in [1.165, 1.54) is 25.3 Å². The van der Waals surface area contributed by atoms with Gasteiger partial charge in [0.25, 0.3) is 5.91 Å². The monoisotopic (exact) mass is 574 g/mol. The minimum Gasteiger partial charge on any atom is -0.503 e. The van der Waals surface area contributed by atoms with Gasteiger partial charge in [-0.05, 0) is 35.9 Å². The maximum Gasteiger partial charge on any atom is 0.296 e. The summed E-state index contributed by atoms with van der Waals surface area (Å²) in [6.07, 6.45) is 3.10. The van der Waals surface area contributed by atoms with Crippen LogP contribution in [0.1, 0.15) is 22.2 Å². The van der Waals surface area contributed by atoms with Gasteiger partial charge in [0.05, 0.1) is 36.9 Å². The second kappa shape index (κ2) is 9.03. The number of aliphatic hydroxyl groups excluding tert-OH is 1. The summed E-state index contributed by atoms with van der Waals surface area (Å²) in [5, 5.41) is 11.7. The van der Waals surface area contributed by atoms with E-state index in [-0.39, 0.29) is 17.3 Å². The highest BCUT2D eigenvalue weighted by atomic mass is 79.9. The van der Waals surface area contributed by atoms with Crippen molar-refractivity contribution in [2.75, 3.05) is 19.1 Å². The number of rotatable bonds is 6. The number of carbonyl (C=O) groups excluding carboxylic acids is 2. The largest absolute Gasteiger partial charge is 0.503 e. The number of halogens is 1. The molecular formula is C27H19BrN4O6. The molecule has 1 atom stereocenters. The third kappa shape index (κ3) is 3.70. The Balaban J connectivity index is 1.49. The molecule has 1 aliphatic rings. The Kier molecular flexibility index (Phi) is 5.64. The Morgan fingerprint density at radius 1 is 1.13 bits per heavy atom. The molecule has 4 heterocycles. The number of imidazole rings is 1. The van der Waals surface area contributed by atoms with Gasteiger partial charge in [0.1, 0.15) is 5.58 Å². The molecule has 0 saturated carbocycles. The number of amides is 1. The van der Waals surface area contributed by atoms with Crippen LogP contribution in [-0.4, -0.2) is 46.0 Å². The summed E-state index contributed by atoms with van der Waals surface area (Å²) < 4.78 is 17.3. The lowest BCUT2D eigenvalue weighted by Gasteiger charge is -2.23. The van der Waals surface area contributed by atoms with Crippen molar-refractivity contribution >= 4 is 55.6 Å². The van der Waals surface area contributed by atoms with Gasteiger partial charge in [0, 0.05) is 34.4 Å². The zero-order valence-corrected chi connectivity index (χ0v) is 21.6. The Hall–Kier alpha value is -4.64. The van der Waals surface area contributed by atoms with Gasteiger partial charge < -0.3 is 24.0 Å². The van der Waals surface area contributed by atoms with E-state index in [2.05, 4.69) is 30.9 Å². The topological polar surface area (TPSA) is 131 Å². The van der Waals surface area contributed by atoms with Crippen LogP contribution >= 0.6 is 15.9 Å². The quantitative estimate of drug-likeness (QED) is 0.262. The summed E-state index contributed by atoms with van der Waals surface area (Å²) in [5.41, 5.74) is 1.92. The first-order valence-corrected chi connectivity index (χ1v) is 12.2. The van der Waals surface area contributed by atoms with E-state index in [0.29, 0.717) is 39.1 Å². The molecule has 0 fully saturated rings. The first kappa shape index (κ1) is 23.7. The molecule has 1 amide bonds. The number of fused-ring (bicyclic) bond motifs is 2. The van der Waals surface area contributed by atoms with Crippen molar-refractivity contribution in [2.24, 2.45) is 0 Å². The molecule has 0 bridgehead atoms. The number of Topliss-reactive ketones (excluding diaryl/α,β-unsaturated/α-hetero) is 1. The summed E-state index contributed by atoms with van der Waals surface area (Å²) in [4.78, 5) is 40.3. The van der Waals surface area contributed by atoms with Gasteiger partial charge >= 0.3 is 0 Å². The molecule has 0 radical (unpaired) electrons. The molecule has 1 aliphatic heterocycles. The van der Waals surface area contributed by atoms with Crippen LogP contribution in [0.4, 0.5) is 5.95 Å². The van der Waals surface area contributed by atoms with Gasteiger partial charge in [-0.3, -0.25) is 19.5 Å². The Bertz CT molecular complexity index is 1730. The molecule has 5 aromatic rings. The molecule has 0 saturated heterocycles. The number of aromatic amines is 1. The maximum atomic E-state index is 13.8. The number of hydrogen-bond acceptors (Lipinski definition) is 8. The molecule has 10 nitrogen and oxygen atoms in total. The summed E-state index contributed by atoms with van der Waals surface area (Å²) in [6.45, 7) is 0. The number of hydrogen-bond donors (Lipinski definition) is 2. The molecule has 0 aliphatic carbocycles. The lowest BCUT2D eigenvalue weighted by Crippen LogP contribution is -2.32. The SMILES string of the molecule is COc1cc2nc(N3C(=O)C(O)=C(C(=O)c4cc5cc(Br)ccc5o4)C3c3cccnc3)[nH]c2cc1OC. The minimum atomic E-state index is -1.02. The van der Waals surface area contributed by atoms with E-state index >= 15 is 0 Å². The van der Waals surface area contributed by atoms with Crippen LogP contribution in [0.5, 0.6) is 11.5 Å². The van der Waals surface area contributed by atoms with Crippen molar-refractivity contribution < 1.29 is 28.6 Å². The fourth-order valence-electron chi connectivity index (χ4n) is 4.61. The maximum absolute atomic E-state index is 13.8. The number of nitrogens with zero attached hydrogens (tertiary/aromatic N) is 3. The van der Waals surface area contributed by atoms with Gasteiger partial charge in [-0.2, -0.15) is 0 Å². The zero-order valence-electron chi connectivity index (χ0n) is 20.1. The highest BCUT2D eigenvalue weighted by Crippen LogP contribution is 2.42. The average Bonchev–Trinajstić information content (AvgIpc) is 3.61. The number of nitrogens with one attached hydrogen (secondary N) is 1. The van der Waals surface area contributed by atoms with Crippen LogP contribution in [0.2, 0.25) is 0 Å². The summed E-state index contributed by atoms with van der Waals surface area (Å²) in [5.74, 6) is -1.07. The fourth-order valence-corrected chi connectivity index (χ4v) is 4.98. The van der Waals surface area contributed by atoms with Gasteiger partial charge in [0.15, 0.2) is 23.0 Å². The molecule has 1 unspecified atom stereocenters. The Labute approximate surface area is 223 Å². The van der Waals surface area contributed by atoms with E-state index in [4.69, 9.17) is 13.9 Å². The molecular weight excluding hydrogens is 556 g/mol. The molecule has 0 spiro atoms. The van der Waals surface area contributed by atoms with E-state index in [1.54, 1.807) is 48.7 Å². The van der Waals surface area contributed by atoms with E-state index in [9.17, 15) is 14.7 Å². The van der Waals surface area contributed by atoms with Crippen molar-refractivity contribution in [3.63, 3.8) is 0 Å². The van der Waals surface area contributed by atoms with Crippen LogP contribution in [0.15, 0.2) is 81.1 Å². The van der Waals surface area contributed by atoms with Crippen LogP contribution in [0, 0.1) is 0 Å². The predicted octanol–water partition coefficient (Wildman–Crippen LogP) is 5.27. The molecule has 11 heteroatoms. The van der Waals surface area contributed by atoms with Gasteiger partial charge in [-0.15, -0.1) is 0 Å². The molecule has 190 valence electrons. The molecule has 3 aromatic heterocycles. The van der Waals surface area contributed by atoms with Crippen LogP contribution in [-0.2, 0) is 4.79 Å². The second-order valence-electron chi connectivity index (χ2n) is 8.53. The molecule has 38 heavy (non-hydrogen) atoms. The standard InChI is InChI=1S/C27H19BrN4O6/c1-36-19-10-16-17(11-20(19)37-2)31-27(30-16)32-23(13-4-3-7-29-12-13)22(25(34)26(32)35)24(33)21-9-14-8-15(28)5-6-18(14)38-21/h3-12,23,34H,1-2H3,(H,30,31). The minimum absolute atomic E-state index is 0.0118. The fraction of sp³-hybridized carbons (Fsp3) is 0.111. The van der Waals surface area contributed by atoms with Crippen molar-refractivity contribution in [3.8, 4) is 11.5 Å². The van der Waals surface area contributed by atoms with Gasteiger partial charge in [-0.1, -0.05) is 22.0 Å². The van der Waals surface area contributed by atoms with Crippen molar-refractivity contribution in [2.45, 2.75) is 6.04 Å². The number of benzene rings is 2. The lowest BCUT2D eigenvalue weighted by molar-refractivity contribution is -0.117. The Morgan fingerprint density at radius 3 is 2.66 bits per heavy atom. The molecule has 2 aromatic carbocycles. The number of furan rings is 1. The van der Waals surface area contributed by atoms with Crippen molar-refractivity contribution in [1.82, 2.24) is 15.0 Å². The molecule has 6 rings (SSSR count). The van der Waals surface area contributed by atoms with Gasteiger partial charge in [-0.25, -0.2) is 4.98 Å². The number of ketones is 1. The summed E-state index contributed by atoms with van der Waals surface area (Å²) in [7, 11) is 3.02. The van der Waals surface area contributed by atoms with E-state index < -0.39 is 23.5 Å². The number of ether oxygens (including phenoxy) is 2. The zero-order chi connectivity index (χ0) is 26.6. The number of carbonyl (C=O) groups is 2. The van der Waals surface area contributed by atoms with E-state index in [1.807, 2.05) is 6.07 Å². The van der Waals surface area contributed by atoms with E-state index in [0.717, 1.165) is 4.47 Å².